The molecule has 1 saturated heterocycles. The molecule has 4 rings (SSSR count). The fraction of sp³-hybridized carbons (Fsp3) is 0.300. The molecule has 0 bridgehead atoms. The molecular formula is C30H27Cl2F2N3O3. The molecular weight excluding hydrogens is 559 g/mol. The van der Waals surface area contributed by atoms with Gasteiger partial charge in [0.1, 0.15) is 17.0 Å². The van der Waals surface area contributed by atoms with Crippen molar-refractivity contribution in [2.24, 2.45) is 11.3 Å². The molecule has 1 heterocycles. The van der Waals surface area contributed by atoms with Crippen LogP contribution >= 0.6 is 23.2 Å². The Kier molecular flexibility index (Phi) is 8.11. The van der Waals surface area contributed by atoms with Crippen LogP contribution in [0.3, 0.4) is 0 Å². The van der Waals surface area contributed by atoms with E-state index in [1.165, 1.54) is 53.4 Å². The van der Waals surface area contributed by atoms with Crippen molar-refractivity contribution >= 4 is 40.9 Å². The van der Waals surface area contributed by atoms with Gasteiger partial charge in [0.05, 0.1) is 28.4 Å². The number of likely N-dealkylation sites (tertiary alicyclic amines) is 1. The third-order valence-electron chi connectivity index (χ3n) is 7.16. The molecule has 10 heteroatoms. The van der Waals surface area contributed by atoms with Crippen LogP contribution in [0.15, 0.2) is 60.7 Å². The van der Waals surface area contributed by atoms with Crippen LogP contribution in [-0.4, -0.2) is 28.6 Å². The molecule has 0 unspecified atom stereocenters. The van der Waals surface area contributed by atoms with Gasteiger partial charge < -0.3 is 15.3 Å². The van der Waals surface area contributed by atoms with Crippen LogP contribution in [0.1, 0.15) is 54.7 Å². The van der Waals surface area contributed by atoms with Gasteiger partial charge in [0.25, 0.3) is 0 Å². The second kappa shape index (κ2) is 11.1. The van der Waals surface area contributed by atoms with Crippen molar-refractivity contribution in [3.63, 3.8) is 0 Å². The van der Waals surface area contributed by atoms with Gasteiger partial charge in [-0.1, -0.05) is 74.3 Å². The third kappa shape index (κ3) is 5.36. The van der Waals surface area contributed by atoms with Crippen LogP contribution < -0.4 is 5.32 Å². The van der Waals surface area contributed by atoms with Crippen LogP contribution in [0.5, 0.6) is 0 Å². The summed E-state index contributed by atoms with van der Waals surface area (Å²) < 4.78 is 31.4. The van der Waals surface area contributed by atoms with Gasteiger partial charge in [-0.2, -0.15) is 5.26 Å². The van der Waals surface area contributed by atoms with Crippen molar-refractivity contribution in [1.82, 2.24) is 4.90 Å². The smallest absolute Gasteiger partial charge is 0.337 e. The number of hydrogen-bond donors (Lipinski definition) is 2. The Bertz CT molecular complexity index is 1520. The summed E-state index contributed by atoms with van der Waals surface area (Å²) in [6.07, 6.45) is 0.372. The standard InChI is InChI=1S/C30H27Cl2F2N3O3/c1-29(2,3)14-17-15-37(28(40)36-24-10-5-4-7-19(24)27(38)39)26(20-8-6-9-22(32)25(20)34)30(17,16-35)21-12-11-18(31)13-23(21)33/h4-13,17,26H,14-15H2,1-3H3,(H,36,40)(H,38,39)/t17-,26-,30-/m1/s1. The topological polar surface area (TPSA) is 93.4 Å². The Balaban J connectivity index is 1.98. The predicted octanol–water partition coefficient (Wildman–Crippen LogP) is 8.07. The van der Waals surface area contributed by atoms with Crippen LogP contribution in [-0.2, 0) is 5.41 Å². The zero-order chi connectivity index (χ0) is 29.4. The quantitative estimate of drug-likeness (QED) is 0.316. The molecule has 2 amide bonds. The normalized spacial score (nSPS) is 20.7. The zero-order valence-electron chi connectivity index (χ0n) is 22.0. The van der Waals surface area contributed by atoms with Gasteiger partial charge in [-0.25, -0.2) is 18.4 Å². The number of nitriles is 1. The Hall–Kier alpha value is -3.67. The van der Waals surface area contributed by atoms with Gasteiger partial charge >= 0.3 is 12.0 Å². The van der Waals surface area contributed by atoms with E-state index in [0.29, 0.717) is 6.42 Å². The molecule has 0 aliphatic carbocycles. The number of carboxylic acids is 1. The number of halogens is 4. The average molecular weight is 586 g/mol. The highest BCUT2D eigenvalue weighted by molar-refractivity contribution is 6.31. The molecule has 0 radical (unpaired) electrons. The number of urea groups is 1. The molecule has 0 spiro atoms. The Morgan fingerprint density at radius 1 is 1.12 bits per heavy atom. The maximum absolute atomic E-state index is 15.7. The molecule has 0 saturated carbocycles. The maximum atomic E-state index is 15.7. The number of carbonyl (C=O) groups is 2. The zero-order valence-corrected chi connectivity index (χ0v) is 23.5. The number of para-hydroxylation sites is 1. The lowest BCUT2D eigenvalue weighted by Gasteiger charge is -2.38. The SMILES string of the molecule is CC(C)(C)C[C@@H]1CN(C(=O)Nc2ccccc2C(=O)O)[C@H](c2cccc(Cl)c2F)[C@@]1(C#N)c1ccc(Cl)cc1F. The first-order valence-electron chi connectivity index (χ1n) is 12.5. The number of hydrogen-bond acceptors (Lipinski definition) is 3. The van der Waals surface area contributed by atoms with Crippen LogP contribution in [0.2, 0.25) is 10.0 Å². The number of anilines is 1. The van der Waals surface area contributed by atoms with E-state index in [2.05, 4.69) is 11.4 Å². The molecule has 1 aliphatic heterocycles. The molecule has 208 valence electrons. The first-order valence-corrected chi connectivity index (χ1v) is 13.3. The molecule has 40 heavy (non-hydrogen) atoms. The minimum Gasteiger partial charge on any atom is -0.478 e. The Labute approximate surface area is 241 Å². The first-order chi connectivity index (χ1) is 18.8. The number of benzene rings is 3. The molecule has 1 aliphatic rings. The van der Waals surface area contributed by atoms with E-state index >= 15 is 8.78 Å². The summed E-state index contributed by atoms with van der Waals surface area (Å²) in [5.74, 6) is -3.52. The van der Waals surface area contributed by atoms with E-state index in [0.717, 1.165) is 6.07 Å². The van der Waals surface area contributed by atoms with Crippen molar-refractivity contribution in [2.45, 2.75) is 38.6 Å². The Morgan fingerprint density at radius 2 is 1.82 bits per heavy atom. The molecule has 3 atom stereocenters. The van der Waals surface area contributed by atoms with Gasteiger partial charge in [0.2, 0.25) is 0 Å². The van der Waals surface area contributed by atoms with Gasteiger partial charge in [-0.05, 0) is 42.2 Å². The van der Waals surface area contributed by atoms with Crippen LogP contribution in [0, 0.1) is 34.3 Å². The second-order valence-electron chi connectivity index (χ2n) is 11.0. The molecule has 6 nitrogen and oxygen atoms in total. The summed E-state index contributed by atoms with van der Waals surface area (Å²) >= 11 is 12.2. The highest BCUT2D eigenvalue weighted by Crippen LogP contribution is 2.56. The second-order valence-corrected chi connectivity index (χ2v) is 11.9. The minimum absolute atomic E-state index is 0.0184. The number of nitrogens with one attached hydrogen (secondary N) is 1. The van der Waals surface area contributed by atoms with E-state index in [1.807, 2.05) is 20.8 Å². The highest BCUT2D eigenvalue weighted by atomic mass is 35.5. The van der Waals surface area contributed by atoms with Crippen molar-refractivity contribution in [3.8, 4) is 6.07 Å². The highest BCUT2D eigenvalue weighted by Gasteiger charge is 2.60. The number of carbonyl (C=O) groups excluding carboxylic acids is 1. The van der Waals surface area contributed by atoms with Gasteiger partial charge in [-0.15, -0.1) is 0 Å². The number of amides is 2. The molecule has 3 aromatic carbocycles. The van der Waals surface area contributed by atoms with Crippen molar-refractivity contribution in [3.05, 3.63) is 99.0 Å². The summed E-state index contributed by atoms with van der Waals surface area (Å²) in [7, 11) is 0. The molecule has 1 fully saturated rings. The van der Waals surface area contributed by atoms with Gasteiger partial charge in [0.15, 0.2) is 0 Å². The monoisotopic (exact) mass is 585 g/mol. The summed E-state index contributed by atoms with van der Waals surface area (Å²) in [6.45, 7) is 5.81. The van der Waals surface area contributed by atoms with Crippen molar-refractivity contribution < 1.29 is 23.5 Å². The van der Waals surface area contributed by atoms with Crippen LogP contribution in [0.4, 0.5) is 19.3 Å². The largest absolute Gasteiger partial charge is 0.478 e. The van der Waals surface area contributed by atoms with Crippen molar-refractivity contribution in [2.75, 3.05) is 11.9 Å². The van der Waals surface area contributed by atoms with E-state index in [-0.39, 0.29) is 44.4 Å². The van der Waals surface area contributed by atoms with Crippen molar-refractivity contribution in [1.29, 1.82) is 5.26 Å². The van der Waals surface area contributed by atoms with E-state index < -0.39 is 41.0 Å². The summed E-state index contributed by atoms with van der Waals surface area (Å²) in [5.41, 5.74) is -2.35. The minimum atomic E-state index is -1.75. The summed E-state index contributed by atoms with van der Waals surface area (Å²) in [6, 6.07) is 14.2. The predicted molar refractivity (Wildman–Crippen MR) is 150 cm³/mol. The van der Waals surface area contributed by atoms with Gasteiger partial charge in [-0.3, -0.25) is 0 Å². The number of nitrogens with zero attached hydrogens (tertiary/aromatic N) is 2. The summed E-state index contributed by atoms with van der Waals surface area (Å²) in [4.78, 5) is 26.9. The van der Waals surface area contributed by atoms with Crippen LogP contribution in [0.25, 0.3) is 0 Å². The lowest BCUT2D eigenvalue weighted by Crippen LogP contribution is -2.42. The van der Waals surface area contributed by atoms with E-state index in [9.17, 15) is 20.0 Å². The Morgan fingerprint density at radius 3 is 2.45 bits per heavy atom. The summed E-state index contributed by atoms with van der Waals surface area (Å²) in [5, 5.41) is 23.0. The first kappa shape index (κ1) is 29.3. The maximum Gasteiger partial charge on any atom is 0.337 e. The number of carboxylic acid groups (broad SMARTS) is 1. The van der Waals surface area contributed by atoms with Gasteiger partial charge in [0, 0.05) is 28.6 Å². The third-order valence-corrected chi connectivity index (χ3v) is 7.69. The molecule has 0 aromatic heterocycles. The number of rotatable bonds is 5. The molecule has 3 aromatic rings. The number of aromatic carboxylic acids is 1. The lowest BCUT2D eigenvalue weighted by molar-refractivity contribution is 0.0698. The fourth-order valence-corrected chi connectivity index (χ4v) is 5.98. The van der Waals surface area contributed by atoms with E-state index in [1.54, 1.807) is 6.07 Å². The fourth-order valence-electron chi connectivity index (χ4n) is 5.64. The molecule has 2 N–H and O–H groups in total. The van der Waals surface area contributed by atoms with E-state index in [4.69, 9.17) is 23.2 Å². The average Bonchev–Trinajstić information content (AvgIpc) is 3.19. The lowest BCUT2D eigenvalue weighted by atomic mass is 9.63.